The fourth-order valence-corrected chi connectivity index (χ4v) is 8.74. The minimum atomic E-state index is -2.19. The monoisotopic (exact) mass is 951 g/mol. The molecule has 0 aromatic heterocycles. The van der Waals surface area contributed by atoms with Crippen LogP contribution in [0.15, 0.2) is 121 Å². The first kappa shape index (κ1) is 52.0. The van der Waals surface area contributed by atoms with Crippen molar-refractivity contribution in [1.82, 2.24) is 10.6 Å². The fourth-order valence-electron chi connectivity index (χ4n) is 8.10. The van der Waals surface area contributed by atoms with E-state index < -0.39 is 31.5 Å². The summed E-state index contributed by atoms with van der Waals surface area (Å²) in [4.78, 5) is 0. The molecule has 2 unspecified atom stereocenters. The Labute approximate surface area is 400 Å². The summed E-state index contributed by atoms with van der Waals surface area (Å²) in [6, 6.07) is 35.6. The summed E-state index contributed by atoms with van der Waals surface area (Å²) in [6.45, 7) is 12.5. The highest BCUT2D eigenvalue weighted by Crippen LogP contribution is 2.34. The molecule has 12 heteroatoms. The number of nitrogens with one attached hydrogen (secondary N) is 2. The van der Waals surface area contributed by atoms with E-state index in [1.165, 1.54) is 35.4 Å². The molecule has 0 amide bonds. The van der Waals surface area contributed by atoms with Gasteiger partial charge in [-0.25, -0.2) is 17.6 Å². The zero-order valence-corrected chi connectivity index (χ0v) is 40.5. The van der Waals surface area contributed by atoms with E-state index in [0.717, 1.165) is 57.0 Å². The van der Waals surface area contributed by atoms with Crippen molar-refractivity contribution in [2.24, 2.45) is 0 Å². The largest absolute Gasteiger partial charge is 0.697 e. The van der Waals surface area contributed by atoms with Crippen LogP contribution < -0.4 is 20.1 Å². The molecule has 0 fully saturated rings. The Hall–Kier alpha value is -5.42. The second-order valence-electron chi connectivity index (χ2n) is 17.4. The molecule has 2 N–H and O–H groups in total. The summed E-state index contributed by atoms with van der Waals surface area (Å²) in [5.41, 5.74) is 10.1. The maximum absolute atomic E-state index is 14.2. The van der Waals surface area contributed by atoms with Gasteiger partial charge in [-0.2, -0.15) is 0 Å². The van der Waals surface area contributed by atoms with Gasteiger partial charge >= 0.3 is 8.25 Å². The normalized spacial score (nSPS) is 12.5. The van der Waals surface area contributed by atoms with Crippen molar-refractivity contribution >= 4 is 8.25 Å². The first-order valence-corrected chi connectivity index (χ1v) is 24.6. The summed E-state index contributed by atoms with van der Waals surface area (Å²) in [7, 11) is -2.19. The molecule has 0 saturated carbocycles. The van der Waals surface area contributed by atoms with Crippen molar-refractivity contribution < 1.29 is 40.6 Å². The Morgan fingerprint density at radius 2 is 0.824 bits per heavy atom. The minimum Gasteiger partial charge on any atom is -0.494 e. The van der Waals surface area contributed by atoms with Crippen molar-refractivity contribution in [3.63, 3.8) is 0 Å². The molecule has 0 radical (unpaired) electrons. The number of ether oxygens (including phenoxy) is 2. The Balaban J connectivity index is 0.780. The number of hydrogen-bond acceptors (Lipinski definition) is 7. The van der Waals surface area contributed by atoms with Gasteiger partial charge in [0.05, 0.1) is 13.2 Å². The molecular formula is C56H64F4N2O5P+. The highest BCUT2D eigenvalue weighted by atomic mass is 31.1. The van der Waals surface area contributed by atoms with Gasteiger partial charge in [-0.05, 0) is 183 Å². The van der Waals surface area contributed by atoms with Crippen molar-refractivity contribution in [3.8, 4) is 11.5 Å². The van der Waals surface area contributed by atoms with Crippen LogP contribution in [-0.4, -0.2) is 39.5 Å². The van der Waals surface area contributed by atoms with Gasteiger partial charge in [0.25, 0.3) is 0 Å². The number of benzene rings is 6. The van der Waals surface area contributed by atoms with Crippen LogP contribution in [0.25, 0.3) is 0 Å². The molecule has 0 saturated heterocycles. The van der Waals surface area contributed by atoms with Crippen LogP contribution in [0.1, 0.15) is 106 Å². The molecule has 0 bridgehead atoms. The standard InChI is InChI=1S/C56H64F4N2O5P/c1-39-11-17-45(29-41(39)3)55(47-31-49(57)35-50(58)32-47)9-5-25-64-53-19-13-43(14-20-53)37-61-23-7-27-66-68(63)67-28-8-24-62-38-44-15-21-54(22-16-44)65-26-6-10-56(46-18-12-40(2)42(4)30-46)48-33-51(59)36-52(60)34-48/h11-22,29-36,55-56,61-62H,5-10,23-28,37-38H2,1-4H3/q+1. The molecule has 2 atom stereocenters. The topological polar surface area (TPSA) is 78.1 Å². The Kier molecular flexibility index (Phi) is 20.6. The van der Waals surface area contributed by atoms with E-state index in [2.05, 4.69) is 34.9 Å². The smallest absolute Gasteiger partial charge is 0.494 e. The van der Waals surface area contributed by atoms with Crippen LogP contribution in [-0.2, 0) is 26.7 Å². The van der Waals surface area contributed by atoms with E-state index in [9.17, 15) is 22.1 Å². The summed E-state index contributed by atoms with van der Waals surface area (Å²) < 4.78 is 91.6. The van der Waals surface area contributed by atoms with Crippen molar-refractivity contribution in [2.45, 2.75) is 91.1 Å². The second-order valence-corrected chi connectivity index (χ2v) is 18.4. The first-order valence-electron chi connectivity index (χ1n) is 23.5. The van der Waals surface area contributed by atoms with Crippen LogP contribution in [0.3, 0.4) is 0 Å². The lowest BCUT2D eigenvalue weighted by Crippen LogP contribution is -2.16. The lowest BCUT2D eigenvalue weighted by molar-refractivity contribution is 0.220. The van der Waals surface area contributed by atoms with Crippen LogP contribution in [0, 0.1) is 51.0 Å². The molecule has 0 aliphatic carbocycles. The molecule has 7 nitrogen and oxygen atoms in total. The predicted octanol–water partition coefficient (Wildman–Crippen LogP) is 13.8. The summed E-state index contributed by atoms with van der Waals surface area (Å²) in [5.74, 6) is -1.10. The molecular weight excluding hydrogens is 888 g/mol. The van der Waals surface area contributed by atoms with Gasteiger partial charge in [0, 0.05) is 41.6 Å². The van der Waals surface area contributed by atoms with Gasteiger partial charge < -0.3 is 20.1 Å². The van der Waals surface area contributed by atoms with E-state index in [-0.39, 0.29) is 11.8 Å². The quantitative estimate of drug-likeness (QED) is 0.0288. The van der Waals surface area contributed by atoms with Crippen LogP contribution in [0.4, 0.5) is 17.6 Å². The predicted molar refractivity (Wildman–Crippen MR) is 263 cm³/mol. The van der Waals surface area contributed by atoms with Crippen molar-refractivity contribution in [2.75, 3.05) is 39.5 Å². The van der Waals surface area contributed by atoms with Gasteiger partial charge in [-0.3, -0.25) is 0 Å². The average Bonchev–Trinajstić information content (AvgIpc) is 3.31. The number of rotatable bonds is 28. The van der Waals surface area contributed by atoms with E-state index in [4.69, 9.17) is 18.5 Å². The van der Waals surface area contributed by atoms with Gasteiger partial charge in [0.2, 0.25) is 0 Å². The molecule has 6 aromatic carbocycles. The highest BCUT2D eigenvalue weighted by molar-refractivity contribution is 7.33. The van der Waals surface area contributed by atoms with Crippen LogP contribution >= 0.6 is 8.25 Å². The molecule has 0 aliphatic heterocycles. The minimum absolute atomic E-state index is 0.152. The highest BCUT2D eigenvalue weighted by Gasteiger charge is 2.20. The van der Waals surface area contributed by atoms with Gasteiger partial charge in [0.1, 0.15) is 48.0 Å². The third kappa shape index (κ3) is 17.0. The number of aryl methyl sites for hydroxylation is 4. The number of halogens is 4. The first-order chi connectivity index (χ1) is 32.9. The van der Waals surface area contributed by atoms with Gasteiger partial charge in [-0.1, -0.05) is 60.7 Å². The molecule has 6 rings (SSSR count). The Morgan fingerprint density at radius 1 is 0.441 bits per heavy atom. The lowest BCUT2D eigenvalue weighted by atomic mass is 9.86. The molecule has 6 aromatic rings. The van der Waals surface area contributed by atoms with Crippen molar-refractivity contribution in [3.05, 3.63) is 200 Å². The zero-order valence-electron chi connectivity index (χ0n) is 39.6. The van der Waals surface area contributed by atoms with Crippen molar-refractivity contribution in [1.29, 1.82) is 0 Å². The molecule has 0 heterocycles. The van der Waals surface area contributed by atoms with E-state index in [0.29, 0.717) is 102 Å². The Morgan fingerprint density at radius 3 is 1.19 bits per heavy atom. The maximum Gasteiger partial charge on any atom is 0.697 e. The second kappa shape index (κ2) is 26.9. The molecule has 0 aliphatic rings. The maximum atomic E-state index is 14.2. The average molecular weight is 952 g/mol. The van der Waals surface area contributed by atoms with E-state index in [1.54, 1.807) is 0 Å². The summed E-state index contributed by atoms with van der Waals surface area (Å²) >= 11 is 0. The molecule has 0 spiro atoms. The zero-order chi connectivity index (χ0) is 48.3. The van der Waals surface area contributed by atoms with Gasteiger partial charge in [0.15, 0.2) is 0 Å². The third-order valence-electron chi connectivity index (χ3n) is 12.1. The molecule has 68 heavy (non-hydrogen) atoms. The van der Waals surface area contributed by atoms with Gasteiger partial charge in [-0.15, -0.1) is 9.05 Å². The van der Waals surface area contributed by atoms with E-state index in [1.807, 2.05) is 88.4 Å². The SMILES string of the molecule is Cc1ccc(C(CCCOc2ccc(CNCCCO[P+](=O)OCCCNCc3ccc(OCCCC(c4cc(F)cc(F)c4)c4ccc(C)c(C)c4)cc3)cc2)c2cc(F)cc(F)c2)cc1C. The van der Waals surface area contributed by atoms with E-state index >= 15 is 0 Å². The fraction of sp³-hybridized carbons (Fsp3) is 0.357. The van der Waals surface area contributed by atoms with Crippen LogP contribution in [0.2, 0.25) is 0 Å². The third-order valence-corrected chi connectivity index (χ3v) is 12.9. The lowest BCUT2D eigenvalue weighted by Gasteiger charge is -2.20. The van der Waals surface area contributed by atoms with Crippen LogP contribution in [0.5, 0.6) is 11.5 Å². The number of hydrogen-bond donors (Lipinski definition) is 2. The summed E-state index contributed by atoms with van der Waals surface area (Å²) in [6.07, 6.45) is 4.13. The molecule has 360 valence electrons. The summed E-state index contributed by atoms with van der Waals surface area (Å²) in [5, 5.41) is 6.75. The Bertz CT molecular complexity index is 2310.